The van der Waals surface area contributed by atoms with Gasteiger partial charge < -0.3 is 9.73 Å². The van der Waals surface area contributed by atoms with Gasteiger partial charge in [-0.25, -0.2) is 4.98 Å². The van der Waals surface area contributed by atoms with E-state index in [-0.39, 0.29) is 5.91 Å². The first-order valence-electron chi connectivity index (χ1n) is 9.72. The Labute approximate surface area is 188 Å². The second-order valence-electron chi connectivity index (χ2n) is 7.21. The van der Waals surface area contributed by atoms with Gasteiger partial charge in [0.2, 0.25) is 5.89 Å². The quantitative estimate of drug-likeness (QED) is 0.317. The summed E-state index contributed by atoms with van der Waals surface area (Å²) in [5, 5.41) is 3.28. The van der Waals surface area contributed by atoms with Crippen LogP contribution in [-0.2, 0) is 0 Å². The van der Waals surface area contributed by atoms with Gasteiger partial charge in [0.15, 0.2) is 5.58 Å². The highest BCUT2D eigenvalue weighted by molar-refractivity contribution is 9.10. The first kappa shape index (κ1) is 20.6. The number of fused-ring (bicyclic) bond motifs is 1. The lowest BCUT2D eigenvalue weighted by Crippen LogP contribution is -2.12. The molecule has 1 amide bonds. The summed E-state index contributed by atoms with van der Waals surface area (Å²) in [6.07, 6.45) is 1.07. The molecule has 0 spiro atoms. The lowest BCUT2D eigenvalue weighted by atomic mass is 9.98. The Morgan fingerprint density at radius 1 is 1.17 bits per heavy atom. The maximum Gasteiger partial charge on any atom is 0.257 e. The zero-order valence-corrected chi connectivity index (χ0v) is 18.9. The van der Waals surface area contributed by atoms with Gasteiger partial charge in [0.1, 0.15) is 5.52 Å². The van der Waals surface area contributed by atoms with Gasteiger partial charge in [-0.15, -0.1) is 0 Å². The molecule has 0 aliphatic heterocycles. The van der Waals surface area contributed by atoms with E-state index < -0.39 is 0 Å². The Kier molecular flexibility index (Phi) is 5.93. The molecule has 0 saturated carbocycles. The Bertz CT molecular complexity index is 1240. The highest BCUT2D eigenvalue weighted by Gasteiger charge is 2.14. The molecule has 4 aromatic rings. The summed E-state index contributed by atoms with van der Waals surface area (Å²) in [6.45, 7) is 4.37. The maximum atomic E-state index is 12.7. The molecule has 152 valence electrons. The summed E-state index contributed by atoms with van der Waals surface area (Å²) in [7, 11) is 0. The van der Waals surface area contributed by atoms with Crippen molar-refractivity contribution in [3.8, 4) is 11.5 Å². The molecule has 4 nitrogen and oxygen atoms in total. The fraction of sp³-hybridized carbons (Fsp3) is 0.167. The average molecular weight is 484 g/mol. The van der Waals surface area contributed by atoms with Gasteiger partial charge in [0.05, 0.1) is 10.6 Å². The third-order valence-corrected chi connectivity index (χ3v) is 5.96. The summed E-state index contributed by atoms with van der Waals surface area (Å²) < 4.78 is 6.74. The van der Waals surface area contributed by atoms with Crippen molar-refractivity contribution in [1.29, 1.82) is 0 Å². The normalized spacial score (nSPS) is 12.1. The van der Waals surface area contributed by atoms with Crippen LogP contribution >= 0.6 is 27.5 Å². The Morgan fingerprint density at radius 2 is 2.00 bits per heavy atom. The maximum absolute atomic E-state index is 12.7. The number of amides is 1. The van der Waals surface area contributed by atoms with Crippen molar-refractivity contribution in [2.75, 3.05) is 5.32 Å². The number of carbonyl (C=O) groups excluding carboxylic acids is 1. The van der Waals surface area contributed by atoms with E-state index in [1.165, 1.54) is 5.56 Å². The smallest absolute Gasteiger partial charge is 0.257 e. The minimum atomic E-state index is -0.283. The molecular weight excluding hydrogens is 464 g/mol. The summed E-state index contributed by atoms with van der Waals surface area (Å²) in [4.78, 5) is 17.3. The number of aromatic nitrogens is 1. The number of nitrogens with one attached hydrogen (secondary N) is 1. The molecule has 0 unspecified atom stereocenters. The lowest BCUT2D eigenvalue weighted by Gasteiger charge is -2.08. The molecule has 1 aromatic heterocycles. The minimum Gasteiger partial charge on any atom is -0.436 e. The fourth-order valence-electron chi connectivity index (χ4n) is 3.21. The van der Waals surface area contributed by atoms with Crippen molar-refractivity contribution in [3.05, 3.63) is 81.3 Å². The lowest BCUT2D eigenvalue weighted by molar-refractivity contribution is 0.102. The Morgan fingerprint density at radius 3 is 2.80 bits per heavy atom. The summed E-state index contributed by atoms with van der Waals surface area (Å²) in [5.74, 6) is 0.704. The van der Waals surface area contributed by atoms with Gasteiger partial charge in [-0.2, -0.15) is 0 Å². The van der Waals surface area contributed by atoms with Gasteiger partial charge in [0.25, 0.3) is 5.91 Å². The fourth-order valence-corrected chi connectivity index (χ4v) is 3.77. The molecule has 0 aliphatic rings. The van der Waals surface area contributed by atoms with Crippen LogP contribution in [0.5, 0.6) is 0 Å². The first-order valence-corrected chi connectivity index (χ1v) is 10.9. The van der Waals surface area contributed by atoms with Crippen LogP contribution < -0.4 is 5.32 Å². The third-order valence-electron chi connectivity index (χ3n) is 5.13. The van der Waals surface area contributed by atoms with E-state index in [9.17, 15) is 4.79 Å². The van der Waals surface area contributed by atoms with Crippen LogP contribution in [-0.4, -0.2) is 10.9 Å². The monoisotopic (exact) mass is 482 g/mol. The number of carbonyl (C=O) groups is 1. The van der Waals surface area contributed by atoms with E-state index in [1.54, 1.807) is 18.2 Å². The van der Waals surface area contributed by atoms with Crippen LogP contribution in [0.3, 0.4) is 0 Å². The number of anilines is 1. The van der Waals surface area contributed by atoms with Gasteiger partial charge in [-0.3, -0.25) is 4.79 Å². The number of oxazole rings is 1. The molecule has 30 heavy (non-hydrogen) atoms. The van der Waals surface area contributed by atoms with Crippen molar-refractivity contribution in [1.82, 2.24) is 4.98 Å². The second kappa shape index (κ2) is 8.62. The number of hydrogen-bond donors (Lipinski definition) is 1. The molecule has 0 bridgehead atoms. The van der Waals surface area contributed by atoms with E-state index in [4.69, 9.17) is 16.0 Å². The van der Waals surface area contributed by atoms with Crippen LogP contribution in [0, 0.1) is 0 Å². The van der Waals surface area contributed by atoms with Gasteiger partial charge >= 0.3 is 0 Å². The van der Waals surface area contributed by atoms with Crippen LogP contribution in [0.2, 0.25) is 5.02 Å². The van der Waals surface area contributed by atoms with Crippen molar-refractivity contribution in [2.24, 2.45) is 0 Å². The molecule has 0 radical (unpaired) electrons. The zero-order valence-electron chi connectivity index (χ0n) is 16.6. The van der Waals surface area contributed by atoms with Gasteiger partial charge in [0, 0.05) is 15.7 Å². The van der Waals surface area contributed by atoms with E-state index in [0.717, 1.165) is 27.6 Å². The Hall–Kier alpha value is -2.63. The predicted molar refractivity (Wildman–Crippen MR) is 125 cm³/mol. The van der Waals surface area contributed by atoms with E-state index in [0.29, 0.717) is 28.1 Å². The minimum absolute atomic E-state index is 0.283. The highest BCUT2D eigenvalue weighted by atomic mass is 79.9. The summed E-state index contributed by atoms with van der Waals surface area (Å²) >= 11 is 9.54. The van der Waals surface area contributed by atoms with Crippen molar-refractivity contribution >= 4 is 50.2 Å². The molecule has 0 fully saturated rings. The molecule has 1 heterocycles. The van der Waals surface area contributed by atoms with Crippen LogP contribution in [0.1, 0.15) is 42.1 Å². The number of hydrogen-bond acceptors (Lipinski definition) is 3. The van der Waals surface area contributed by atoms with Gasteiger partial charge in [-0.05, 0) is 66.4 Å². The molecule has 4 rings (SSSR count). The molecule has 1 atom stereocenters. The van der Waals surface area contributed by atoms with Gasteiger partial charge in [-0.1, -0.05) is 53.5 Å². The second-order valence-corrected chi connectivity index (χ2v) is 8.54. The average Bonchev–Trinajstić information content (AvgIpc) is 3.18. The number of rotatable bonds is 5. The molecular formula is C24H20BrClN2O2. The number of halogens is 2. The SMILES string of the molecule is CC[C@H](C)c1ccc2oc(-c3cccc(NC(=O)c4cc(Br)ccc4Cl)c3)nc2c1. The summed E-state index contributed by atoms with van der Waals surface area (Å²) in [5.41, 5.74) is 4.64. The molecule has 0 aliphatic carbocycles. The topological polar surface area (TPSA) is 55.1 Å². The third kappa shape index (κ3) is 4.27. The zero-order chi connectivity index (χ0) is 21.3. The highest BCUT2D eigenvalue weighted by Crippen LogP contribution is 2.29. The van der Waals surface area contributed by atoms with Crippen molar-refractivity contribution < 1.29 is 9.21 Å². The van der Waals surface area contributed by atoms with Crippen LogP contribution in [0.15, 0.2) is 69.6 Å². The van der Waals surface area contributed by atoms with E-state index in [1.807, 2.05) is 30.3 Å². The number of nitrogens with zero attached hydrogens (tertiary/aromatic N) is 1. The molecule has 6 heteroatoms. The van der Waals surface area contributed by atoms with E-state index >= 15 is 0 Å². The van der Waals surface area contributed by atoms with Crippen molar-refractivity contribution in [3.63, 3.8) is 0 Å². The summed E-state index contributed by atoms with van der Waals surface area (Å²) in [6, 6.07) is 18.7. The predicted octanol–water partition coefficient (Wildman–Crippen LogP) is 7.68. The molecule has 3 aromatic carbocycles. The first-order chi connectivity index (χ1) is 14.4. The van der Waals surface area contributed by atoms with E-state index in [2.05, 4.69) is 52.2 Å². The van der Waals surface area contributed by atoms with Crippen LogP contribution in [0.4, 0.5) is 5.69 Å². The molecule has 0 saturated heterocycles. The number of benzene rings is 3. The van der Waals surface area contributed by atoms with Crippen molar-refractivity contribution in [2.45, 2.75) is 26.2 Å². The Balaban J connectivity index is 1.61. The standard InChI is InChI=1S/C24H20BrClN2O2/c1-3-14(2)15-7-10-22-21(12-15)28-24(30-22)16-5-4-6-18(11-16)27-23(29)19-13-17(25)8-9-20(19)26/h4-14H,3H2,1-2H3,(H,27,29)/t14-/m0/s1. The van der Waals surface area contributed by atoms with Crippen LogP contribution in [0.25, 0.3) is 22.6 Å². The largest absolute Gasteiger partial charge is 0.436 e. The molecule has 1 N–H and O–H groups in total.